The lowest BCUT2D eigenvalue weighted by Crippen LogP contribution is -2.56. The van der Waals surface area contributed by atoms with Crippen molar-refractivity contribution >= 4 is 11.7 Å². The van der Waals surface area contributed by atoms with Crippen LogP contribution in [0.2, 0.25) is 0 Å². The molecule has 1 saturated carbocycles. The minimum Gasteiger partial charge on any atom is -0.380 e. The first-order valence-corrected chi connectivity index (χ1v) is 8.43. The van der Waals surface area contributed by atoms with Gasteiger partial charge in [-0.3, -0.25) is 9.59 Å². The maximum Gasteiger partial charge on any atom is 0.252 e. The van der Waals surface area contributed by atoms with Crippen LogP contribution in [0.5, 0.6) is 0 Å². The van der Waals surface area contributed by atoms with Crippen LogP contribution in [0.3, 0.4) is 0 Å². The minimum absolute atomic E-state index is 0.0643. The van der Waals surface area contributed by atoms with E-state index in [1.807, 2.05) is 19.9 Å². The fraction of sp³-hybridized carbons (Fsp3) is 0.579. The Balaban J connectivity index is 2.04. The summed E-state index contributed by atoms with van der Waals surface area (Å²) in [5.74, 6) is -0.0845. The number of hydrogen-bond acceptors (Lipinski definition) is 3. The smallest absolute Gasteiger partial charge is 0.252 e. The van der Waals surface area contributed by atoms with Gasteiger partial charge in [-0.15, -0.1) is 0 Å². The van der Waals surface area contributed by atoms with Gasteiger partial charge in [-0.25, -0.2) is 0 Å². The molecule has 1 aromatic carbocycles. The first kappa shape index (κ1) is 17.7. The summed E-state index contributed by atoms with van der Waals surface area (Å²) in [6.07, 6.45) is 2.33. The topological polar surface area (TPSA) is 66.4 Å². The summed E-state index contributed by atoms with van der Waals surface area (Å²) in [4.78, 5) is 24.7. The van der Waals surface area contributed by atoms with Crippen molar-refractivity contribution in [2.45, 2.75) is 45.6 Å². The fourth-order valence-corrected chi connectivity index (χ4v) is 3.67. The fourth-order valence-electron chi connectivity index (χ4n) is 3.67. The van der Waals surface area contributed by atoms with E-state index in [0.717, 1.165) is 12.8 Å². The van der Waals surface area contributed by atoms with E-state index in [2.05, 4.69) is 12.2 Å². The molecule has 0 aromatic heterocycles. The molecule has 3 atom stereocenters. The van der Waals surface area contributed by atoms with E-state index in [9.17, 15) is 14.7 Å². The number of Topliss-reactive ketones (excluding diaryl/α,β-unsaturated/α-hetero) is 1. The van der Waals surface area contributed by atoms with E-state index in [1.165, 1.54) is 0 Å². The van der Waals surface area contributed by atoms with Crippen molar-refractivity contribution < 1.29 is 14.7 Å². The van der Waals surface area contributed by atoms with Gasteiger partial charge < -0.3 is 10.4 Å². The predicted molar refractivity (Wildman–Crippen MR) is 90.1 cm³/mol. The molecule has 4 nitrogen and oxygen atoms in total. The van der Waals surface area contributed by atoms with Gasteiger partial charge in [-0.2, -0.15) is 0 Å². The van der Waals surface area contributed by atoms with Crippen molar-refractivity contribution in [2.24, 2.45) is 17.8 Å². The SMILES string of the molecule is CC1CCC(C(C)C)[C@@](O)(C(=O)NCC(=O)c2ccccc2)C1. The van der Waals surface area contributed by atoms with Crippen LogP contribution in [0.15, 0.2) is 30.3 Å². The van der Waals surface area contributed by atoms with Crippen LogP contribution >= 0.6 is 0 Å². The summed E-state index contributed by atoms with van der Waals surface area (Å²) in [7, 11) is 0. The first-order chi connectivity index (χ1) is 10.8. The number of benzene rings is 1. The van der Waals surface area contributed by atoms with Crippen LogP contribution in [0.25, 0.3) is 0 Å². The second kappa shape index (κ2) is 7.26. The van der Waals surface area contributed by atoms with Crippen molar-refractivity contribution in [1.82, 2.24) is 5.32 Å². The van der Waals surface area contributed by atoms with Crippen LogP contribution in [0.1, 0.15) is 50.4 Å². The Hall–Kier alpha value is -1.68. The number of carbonyl (C=O) groups excluding carboxylic acids is 2. The van der Waals surface area contributed by atoms with Gasteiger partial charge in [0.05, 0.1) is 6.54 Å². The highest BCUT2D eigenvalue weighted by molar-refractivity contribution is 6.00. The summed E-state index contributed by atoms with van der Waals surface area (Å²) < 4.78 is 0. The summed E-state index contributed by atoms with van der Waals surface area (Å²) in [6.45, 7) is 6.05. The van der Waals surface area contributed by atoms with Gasteiger partial charge in [0.25, 0.3) is 5.91 Å². The average molecular weight is 317 g/mol. The zero-order valence-electron chi connectivity index (χ0n) is 14.2. The molecule has 2 rings (SSSR count). The summed E-state index contributed by atoms with van der Waals surface area (Å²) >= 11 is 0. The molecule has 1 fully saturated rings. The van der Waals surface area contributed by atoms with Crippen molar-refractivity contribution in [3.8, 4) is 0 Å². The second-order valence-corrected chi connectivity index (χ2v) is 7.13. The van der Waals surface area contributed by atoms with Gasteiger partial charge >= 0.3 is 0 Å². The zero-order chi connectivity index (χ0) is 17.0. The van der Waals surface area contributed by atoms with Gasteiger partial charge in [0, 0.05) is 5.56 Å². The number of nitrogens with one attached hydrogen (secondary N) is 1. The molecule has 2 unspecified atom stereocenters. The largest absolute Gasteiger partial charge is 0.380 e. The van der Waals surface area contributed by atoms with Crippen molar-refractivity contribution in [1.29, 1.82) is 0 Å². The van der Waals surface area contributed by atoms with E-state index < -0.39 is 11.5 Å². The first-order valence-electron chi connectivity index (χ1n) is 8.43. The Bertz CT molecular complexity index is 555. The molecule has 0 saturated heterocycles. The molecule has 0 radical (unpaired) electrons. The minimum atomic E-state index is -1.37. The zero-order valence-corrected chi connectivity index (χ0v) is 14.2. The van der Waals surface area contributed by atoms with Gasteiger partial charge in [-0.05, 0) is 30.6 Å². The average Bonchev–Trinajstić information content (AvgIpc) is 2.52. The Kier molecular flexibility index (Phi) is 5.58. The van der Waals surface area contributed by atoms with Crippen LogP contribution in [-0.2, 0) is 4.79 Å². The number of aliphatic hydroxyl groups is 1. The van der Waals surface area contributed by atoms with Gasteiger partial charge in [0.15, 0.2) is 5.78 Å². The second-order valence-electron chi connectivity index (χ2n) is 7.13. The molecular formula is C19H27NO3. The van der Waals surface area contributed by atoms with Crippen molar-refractivity contribution in [2.75, 3.05) is 6.54 Å². The van der Waals surface area contributed by atoms with Gasteiger partial charge in [0.1, 0.15) is 5.60 Å². The van der Waals surface area contributed by atoms with E-state index in [0.29, 0.717) is 17.9 Å². The highest BCUT2D eigenvalue weighted by atomic mass is 16.3. The van der Waals surface area contributed by atoms with E-state index >= 15 is 0 Å². The number of amides is 1. The third-order valence-electron chi connectivity index (χ3n) is 4.95. The summed E-state index contributed by atoms with van der Waals surface area (Å²) in [5, 5.41) is 13.7. The maximum atomic E-state index is 12.6. The highest BCUT2D eigenvalue weighted by Crippen LogP contribution is 2.41. The lowest BCUT2D eigenvalue weighted by Gasteiger charge is -2.43. The van der Waals surface area contributed by atoms with E-state index in [-0.39, 0.29) is 24.2 Å². The lowest BCUT2D eigenvalue weighted by molar-refractivity contribution is -0.155. The lowest BCUT2D eigenvalue weighted by atomic mass is 9.66. The summed E-state index contributed by atoms with van der Waals surface area (Å²) in [5.41, 5.74) is -0.805. The van der Waals surface area contributed by atoms with Crippen LogP contribution in [0.4, 0.5) is 0 Å². The predicted octanol–water partition coefficient (Wildman–Crippen LogP) is 2.81. The third-order valence-corrected chi connectivity index (χ3v) is 4.95. The Morgan fingerprint density at radius 1 is 1.26 bits per heavy atom. The van der Waals surface area contributed by atoms with E-state index in [4.69, 9.17) is 0 Å². The molecule has 0 heterocycles. The van der Waals surface area contributed by atoms with Crippen molar-refractivity contribution in [3.63, 3.8) is 0 Å². The Morgan fingerprint density at radius 2 is 1.91 bits per heavy atom. The van der Waals surface area contributed by atoms with E-state index in [1.54, 1.807) is 24.3 Å². The number of hydrogen-bond donors (Lipinski definition) is 2. The number of carbonyl (C=O) groups is 2. The van der Waals surface area contributed by atoms with Crippen LogP contribution in [-0.4, -0.2) is 28.9 Å². The third kappa shape index (κ3) is 3.99. The van der Waals surface area contributed by atoms with Gasteiger partial charge in [0.2, 0.25) is 0 Å². The molecule has 0 bridgehead atoms. The molecule has 126 valence electrons. The number of rotatable bonds is 5. The quantitative estimate of drug-likeness (QED) is 0.821. The molecule has 1 aliphatic rings. The number of ketones is 1. The molecule has 1 aromatic rings. The molecular weight excluding hydrogens is 290 g/mol. The molecule has 4 heteroatoms. The Labute approximate surface area is 138 Å². The molecule has 1 aliphatic carbocycles. The maximum absolute atomic E-state index is 12.6. The van der Waals surface area contributed by atoms with Crippen LogP contribution < -0.4 is 5.32 Å². The monoisotopic (exact) mass is 317 g/mol. The molecule has 2 N–H and O–H groups in total. The highest BCUT2D eigenvalue weighted by Gasteiger charge is 2.48. The van der Waals surface area contributed by atoms with Gasteiger partial charge in [-0.1, -0.05) is 57.5 Å². The van der Waals surface area contributed by atoms with Crippen molar-refractivity contribution in [3.05, 3.63) is 35.9 Å². The molecule has 23 heavy (non-hydrogen) atoms. The van der Waals surface area contributed by atoms with Crippen LogP contribution in [0, 0.1) is 17.8 Å². The summed E-state index contributed by atoms with van der Waals surface area (Å²) in [6, 6.07) is 8.88. The molecule has 0 aliphatic heterocycles. The molecule has 1 amide bonds. The standard InChI is InChI=1S/C19H27NO3/c1-13(2)16-10-9-14(3)11-19(16,23)18(22)20-12-17(21)15-7-5-4-6-8-15/h4-8,13-14,16,23H,9-12H2,1-3H3,(H,20,22)/t14?,16?,19-/m1/s1. The molecule has 0 spiro atoms. The normalized spacial score (nSPS) is 27.7. The Morgan fingerprint density at radius 3 is 2.52 bits per heavy atom.